The molecule has 5 nitrogen and oxygen atoms in total. The molecule has 1 saturated heterocycles. The zero-order valence-electron chi connectivity index (χ0n) is 15.5. The Morgan fingerprint density at radius 2 is 1.92 bits per heavy atom. The highest BCUT2D eigenvalue weighted by Gasteiger charge is 2.43. The summed E-state index contributed by atoms with van der Waals surface area (Å²) in [6, 6.07) is 6.33. The van der Waals surface area contributed by atoms with Gasteiger partial charge in [-0.25, -0.2) is 4.79 Å². The predicted octanol–water partition coefficient (Wildman–Crippen LogP) is 3.55. The van der Waals surface area contributed by atoms with Gasteiger partial charge in [0.1, 0.15) is 5.75 Å². The first-order chi connectivity index (χ1) is 12.0. The van der Waals surface area contributed by atoms with Crippen molar-refractivity contribution in [3.63, 3.8) is 0 Å². The number of ether oxygens (including phenoxy) is 1. The molecule has 2 atom stereocenters. The summed E-state index contributed by atoms with van der Waals surface area (Å²) in [5, 5.41) is 3.04. The van der Waals surface area contributed by atoms with E-state index < -0.39 is 0 Å². The number of likely N-dealkylation sites (tertiary alicyclic amines) is 1. The van der Waals surface area contributed by atoms with Crippen LogP contribution in [0.2, 0.25) is 0 Å². The molecular weight excluding hydrogens is 314 g/mol. The molecule has 1 aromatic carbocycles. The smallest absolute Gasteiger partial charge is 0.410 e. The summed E-state index contributed by atoms with van der Waals surface area (Å²) in [7, 11) is 4.34. The van der Waals surface area contributed by atoms with Gasteiger partial charge < -0.3 is 15.0 Å². The van der Waals surface area contributed by atoms with Crippen molar-refractivity contribution in [1.82, 2.24) is 10.2 Å². The van der Waals surface area contributed by atoms with E-state index in [1.54, 1.807) is 0 Å². The average Bonchev–Trinajstić information content (AvgIpc) is 3.09. The number of carbonyl (C=O) groups is 1. The third kappa shape index (κ3) is 3.10. The van der Waals surface area contributed by atoms with Crippen LogP contribution >= 0.6 is 0 Å². The molecule has 1 N–H and O–H groups in total. The molecule has 5 heteroatoms. The highest BCUT2D eigenvalue weighted by Crippen LogP contribution is 2.47. The van der Waals surface area contributed by atoms with E-state index >= 15 is 0 Å². The maximum Gasteiger partial charge on any atom is 0.412 e. The van der Waals surface area contributed by atoms with Gasteiger partial charge in [0.2, 0.25) is 0 Å². The Balaban J connectivity index is 1.42. The van der Waals surface area contributed by atoms with Crippen molar-refractivity contribution in [3.05, 3.63) is 23.8 Å². The predicted molar refractivity (Wildman–Crippen MR) is 99.2 cm³/mol. The number of hydrogen-bond donors (Lipinski definition) is 1. The summed E-state index contributed by atoms with van der Waals surface area (Å²) in [5.41, 5.74) is 2.57. The lowest BCUT2D eigenvalue weighted by Crippen LogP contribution is -2.39. The Labute approximate surface area is 150 Å². The molecule has 2 aliphatic heterocycles. The van der Waals surface area contributed by atoms with Crippen LogP contribution in [0.1, 0.15) is 50.5 Å². The maximum atomic E-state index is 12.3. The van der Waals surface area contributed by atoms with Gasteiger partial charge in [0, 0.05) is 31.2 Å². The average molecular weight is 343 g/mol. The Hall–Kier alpha value is -1.75. The molecule has 3 aliphatic rings. The number of carbonyl (C=O) groups excluding carboxylic acids is 1. The van der Waals surface area contributed by atoms with E-state index in [1.165, 1.54) is 24.1 Å². The lowest BCUT2D eigenvalue weighted by atomic mass is 9.87. The molecular formula is C20H29N3O2. The molecule has 1 aliphatic carbocycles. The second-order valence-electron chi connectivity index (χ2n) is 8.11. The minimum absolute atomic E-state index is 0.261. The van der Waals surface area contributed by atoms with E-state index in [4.69, 9.17) is 4.74 Å². The Bertz CT molecular complexity index is 654. The number of hydrogen-bond acceptors (Lipinski definition) is 4. The van der Waals surface area contributed by atoms with Crippen molar-refractivity contribution in [3.8, 4) is 5.75 Å². The molecule has 136 valence electrons. The highest BCUT2D eigenvalue weighted by atomic mass is 16.6. The van der Waals surface area contributed by atoms with Gasteiger partial charge in [0.25, 0.3) is 0 Å². The first kappa shape index (κ1) is 16.7. The highest BCUT2D eigenvalue weighted by molar-refractivity contribution is 5.72. The minimum atomic E-state index is -0.314. The van der Waals surface area contributed by atoms with E-state index in [1.807, 2.05) is 6.07 Å². The fourth-order valence-electron chi connectivity index (χ4n) is 4.88. The van der Waals surface area contributed by atoms with Crippen LogP contribution in [0.25, 0.3) is 0 Å². The number of nitrogens with zero attached hydrogens (tertiary/aromatic N) is 2. The van der Waals surface area contributed by atoms with Crippen LogP contribution in [-0.2, 0) is 0 Å². The van der Waals surface area contributed by atoms with Crippen molar-refractivity contribution < 1.29 is 9.53 Å². The zero-order chi connectivity index (χ0) is 17.6. The molecule has 0 bridgehead atoms. The summed E-state index contributed by atoms with van der Waals surface area (Å²) in [4.78, 5) is 17.0. The van der Waals surface area contributed by atoms with Crippen molar-refractivity contribution >= 4 is 11.8 Å². The molecule has 1 amide bonds. The molecule has 1 aromatic rings. The van der Waals surface area contributed by atoms with Gasteiger partial charge in [0.15, 0.2) is 0 Å². The Morgan fingerprint density at radius 1 is 1.16 bits per heavy atom. The van der Waals surface area contributed by atoms with Crippen molar-refractivity contribution in [2.75, 3.05) is 25.5 Å². The first-order valence-electron chi connectivity index (χ1n) is 9.58. The van der Waals surface area contributed by atoms with Crippen LogP contribution in [0.4, 0.5) is 10.5 Å². The van der Waals surface area contributed by atoms with Crippen LogP contribution in [-0.4, -0.2) is 43.8 Å². The lowest BCUT2D eigenvalue weighted by molar-refractivity contribution is 0.189. The summed E-state index contributed by atoms with van der Waals surface area (Å²) in [6.45, 7) is 3.40. The topological polar surface area (TPSA) is 44.8 Å². The molecule has 2 unspecified atom stereocenters. The standard InChI is InChI=1S/C20H29N3O2/c1-13-4-6-14(7-5-13)21-20(24)25-15-8-9-18-17(12-15)16-10-11-22(2)19(16)23(18)3/h8-9,12-14,16,19H,4-7,10-11H2,1-3H3,(H,21,24). The minimum Gasteiger partial charge on any atom is -0.410 e. The first-order valence-corrected chi connectivity index (χ1v) is 9.58. The normalized spacial score (nSPS) is 31.6. The van der Waals surface area contributed by atoms with Crippen LogP contribution < -0.4 is 15.0 Å². The number of anilines is 1. The van der Waals surface area contributed by atoms with Gasteiger partial charge in [-0.3, -0.25) is 4.90 Å². The fourth-order valence-corrected chi connectivity index (χ4v) is 4.88. The van der Waals surface area contributed by atoms with Gasteiger partial charge in [-0.1, -0.05) is 6.92 Å². The maximum absolute atomic E-state index is 12.3. The van der Waals surface area contributed by atoms with Crippen molar-refractivity contribution in [2.24, 2.45) is 5.92 Å². The Morgan fingerprint density at radius 3 is 2.68 bits per heavy atom. The van der Waals surface area contributed by atoms with E-state index in [9.17, 15) is 4.79 Å². The lowest BCUT2D eigenvalue weighted by Gasteiger charge is -2.28. The third-order valence-corrected chi connectivity index (χ3v) is 6.33. The summed E-state index contributed by atoms with van der Waals surface area (Å²) in [6.07, 6.45) is 5.77. The number of benzene rings is 1. The van der Waals surface area contributed by atoms with Crippen LogP contribution in [0.5, 0.6) is 5.75 Å². The van der Waals surface area contributed by atoms with Crippen molar-refractivity contribution in [1.29, 1.82) is 0 Å². The van der Waals surface area contributed by atoms with Gasteiger partial charge in [0.05, 0.1) is 6.17 Å². The molecule has 4 rings (SSSR count). The molecule has 0 aromatic heterocycles. The van der Waals surface area contributed by atoms with Gasteiger partial charge >= 0.3 is 6.09 Å². The molecule has 25 heavy (non-hydrogen) atoms. The molecule has 1 saturated carbocycles. The van der Waals surface area contributed by atoms with Crippen LogP contribution in [0, 0.1) is 5.92 Å². The van der Waals surface area contributed by atoms with Gasteiger partial charge in [-0.15, -0.1) is 0 Å². The number of likely N-dealkylation sites (N-methyl/N-ethyl adjacent to an activating group) is 2. The number of amides is 1. The largest absolute Gasteiger partial charge is 0.412 e. The molecule has 0 radical (unpaired) electrons. The summed E-state index contributed by atoms with van der Waals surface area (Å²) < 4.78 is 5.60. The van der Waals surface area contributed by atoms with Crippen LogP contribution in [0.3, 0.4) is 0 Å². The van der Waals surface area contributed by atoms with Gasteiger partial charge in [-0.2, -0.15) is 0 Å². The van der Waals surface area contributed by atoms with E-state index in [-0.39, 0.29) is 12.1 Å². The molecule has 2 fully saturated rings. The third-order valence-electron chi connectivity index (χ3n) is 6.33. The summed E-state index contributed by atoms with van der Waals surface area (Å²) >= 11 is 0. The second-order valence-corrected chi connectivity index (χ2v) is 8.11. The molecule has 0 spiro atoms. The Kier molecular flexibility index (Phi) is 4.36. The van der Waals surface area contributed by atoms with Gasteiger partial charge in [-0.05, 0) is 68.8 Å². The van der Waals surface area contributed by atoms with E-state index in [2.05, 4.69) is 48.3 Å². The molecule has 2 heterocycles. The second kappa shape index (κ2) is 6.52. The van der Waals surface area contributed by atoms with E-state index in [0.29, 0.717) is 17.8 Å². The number of nitrogens with one attached hydrogen (secondary N) is 1. The van der Waals surface area contributed by atoms with Crippen LogP contribution in [0.15, 0.2) is 18.2 Å². The SMILES string of the molecule is CC1CCC(NC(=O)Oc2ccc3c(c2)C2CCN(C)C2N3C)CC1. The fraction of sp³-hybridized carbons (Fsp3) is 0.650. The zero-order valence-corrected chi connectivity index (χ0v) is 15.5. The number of fused-ring (bicyclic) bond motifs is 3. The van der Waals surface area contributed by atoms with Crippen molar-refractivity contribution in [2.45, 2.75) is 57.2 Å². The number of rotatable bonds is 2. The van der Waals surface area contributed by atoms with E-state index in [0.717, 1.165) is 31.7 Å². The summed E-state index contributed by atoms with van der Waals surface area (Å²) in [5.74, 6) is 1.95. The monoisotopic (exact) mass is 343 g/mol. The quantitative estimate of drug-likeness (QED) is 0.892.